The number of carbonyl (C=O) groups excluding carboxylic acids is 1. The first-order valence-electron chi connectivity index (χ1n) is 9.11. The molecule has 0 unspecified atom stereocenters. The van der Waals surface area contributed by atoms with Crippen LogP contribution in [0.25, 0.3) is 11.7 Å². The monoisotopic (exact) mass is 416 g/mol. The minimum Gasteiger partial charge on any atom is -0.438 e. The zero-order chi connectivity index (χ0) is 20.6. The molecule has 3 aromatic rings. The van der Waals surface area contributed by atoms with Gasteiger partial charge < -0.3 is 13.7 Å². The summed E-state index contributed by atoms with van der Waals surface area (Å²) in [5.41, 5.74) is 1.61. The van der Waals surface area contributed by atoms with Gasteiger partial charge in [0, 0.05) is 44.4 Å². The first-order valence-corrected chi connectivity index (χ1v) is 10.5. The number of nitrogens with zero attached hydrogens (tertiary/aromatic N) is 4. The Labute approximate surface area is 168 Å². The van der Waals surface area contributed by atoms with Crippen molar-refractivity contribution in [2.75, 3.05) is 31.1 Å². The lowest BCUT2D eigenvalue weighted by atomic mass is 10.1. The maximum Gasteiger partial charge on any atom is 0.283 e. The number of aromatic nitrogens is 2. The molecule has 152 valence electrons. The predicted molar refractivity (Wildman–Crippen MR) is 104 cm³/mol. The lowest BCUT2D eigenvalue weighted by Crippen LogP contribution is -2.48. The molecule has 0 atom stereocenters. The van der Waals surface area contributed by atoms with E-state index >= 15 is 0 Å². The van der Waals surface area contributed by atoms with Gasteiger partial charge in [-0.25, -0.2) is 8.42 Å². The van der Waals surface area contributed by atoms with Gasteiger partial charge in [-0.15, -0.1) is 10.2 Å². The van der Waals surface area contributed by atoms with Crippen molar-refractivity contribution in [1.29, 1.82) is 0 Å². The lowest BCUT2D eigenvalue weighted by Gasteiger charge is -2.34. The van der Waals surface area contributed by atoms with Gasteiger partial charge >= 0.3 is 0 Å². The van der Waals surface area contributed by atoms with Crippen LogP contribution in [0.5, 0.6) is 0 Å². The first-order chi connectivity index (χ1) is 13.8. The van der Waals surface area contributed by atoms with E-state index in [4.69, 9.17) is 8.83 Å². The van der Waals surface area contributed by atoms with E-state index in [-0.39, 0.29) is 22.5 Å². The smallest absolute Gasteiger partial charge is 0.283 e. The largest absolute Gasteiger partial charge is 0.438 e. The number of carbonyl (C=O) groups is 1. The number of hydrogen-bond acceptors (Lipinski definition) is 8. The normalized spacial score (nSPS) is 15.6. The minimum absolute atomic E-state index is 0.0148. The highest BCUT2D eigenvalue weighted by atomic mass is 32.2. The highest BCUT2D eigenvalue weighted by Gasteiger charge is 2.31. The average molecular weight is 416 g/mol. The molecule has 0 saturated carbocycles. The summed E-state index contributed by atoms with van der Waals surface area (Å²) < 4.78 is 38.0. The Balaban J connectivity index is 1.45. The summed E-state index contributed by atoms with van der Waals surface area (Å²) in [6, 6.07) is 10.2. The number of benzene rings is 1. The van der Waals surface area contributed by atoms with Gasteiger partial charge in [0.2, 0.25) is 11.0 Å². The van der Waals surface area contributed by atoms with Crippen molar-refractivity contribution < 1.29 is 22.0 Å². The second-order valence-electron chi connectivity index (χ2n) is 6.74. The fourth-order valence-electron chi connectivity index (χ4n) is 3.19. The molecule has 9 nitrogen and oxygen atoms in total. The zero-order valence-corrected chi connectivity index (χ0v) is 16.8. The van der Waals surface area contributed by atoms with Crippen molar-refractivity contribution in [2.24, 2.45) is 0 Å². The molecule has 29 heavy (non-hydrogen) atoms. The third-order valence-electron chi connectivity index (χ3n) is 4.79. The maximum atomic E-state index is 12.9. The molecule has 2 aromatic heterocycles. The number of rotatable bonds is 5. The summed E-state index contributed by atoms with van der Waals surface area (Å²) in [6.45, 7) is 4.89. The van der Waals surface area contributed by atoms with E-state index < -0.39 is 10.0 Å². The molecule has 0 amide bonds. The highest BCUT2D eigenvalue weighted by Crippen LogP contribution is 2.27. The highest BCUT2D eigenvalue weighted by molar-refractivity contribution is 7.89. The Bertz CT molecular complexity index is 1130. The number of aryl methyl sites for hydroxylation is 1. The molecule has 0 spiro atoms. The second kappa shape index (κ2) is 7.45. The Morgan fingerprint density at radius 3 is 2.24 bits per heavy atom. The number of sulfonamides is 1. The Hall–Kier alpha value is -2.98. The van der Waals surface area contributed by atoms with Crippen LogP contribution in [0.4, 0.5) is 5.69 Å². The molecular weight excluding hydrogens is 396 g/mol. The Morgan fingerprint density at radius 2 is 1.66 bits per heavy atom. The van der Waals surface area contributed by atoms with E-state index in [1.54, 1.807) is 19.1 Å². The summed E-state index contributed by atoms with van der Waals surface area (Å²) in [7, 11) is -3.76. The molecule has 1 aromatic carbocycles. The summed E-state index contributed by atoms with van der Waals surface area (Å²) in [6.07, 6.45) is 0. The molecule has 1 fully saturated rings. The molecule has 3 heterocycles. The van der Waals surface area contributed by atoms with Gasteiger partial charge in [-0.1, -0.05) is 0 Å². The van der Waals surface area contributed by atoms with Crippen LogP contribution in [0.3, 0.4) is 0 Å². The molecule has 0 radical (unpaired) electrons. The summed E-state index contributed by atoms with van der Waals surface area (Å²) >= 11 is 0. The predicted octanol–water partition coefficient (Wildman–Crippen LogP) is 2.35. The van der Waals surface area contributed by atoms with Crippen molar-refractivity contribution in [2.45, 2.75) is 18.9 Å². The van der Waals surface area contributed by atoms with Crippen molar-refractivity contribution in [3.63, 3.8) is 0 Å². The van der Waals surface area contributed by atoms with E-state index in [9.17, 15) is 13.2 Å². The van der Waals surface area contributed by atoms with E-state index in [1.165, 1.54) is 23.4 Å². The van der Waals surface area contributed by atoms with Crippen LogP contribution < -0.4 is 4.90 Å². The summed E-state index contributed by atoms with van der Waals surface area (Å²) in [5.74, 6) is 0.741. The number of ketones is 1. The zero-order valence-electron chi connectivity index (χ0n) is 16.0. The molecular formula is C19H20N4O5S. The topological polar surface area (TPSA) is 110 Å². The van der Waals surface area contributed by atoms with Gasteiger partial charge in [0.1, 0.15) is 0 Å². The molecule has 10 heteroatoms. The van der Waals surface area contributed by atoms with Crippen molar-refractivity contribution in [1.82, 2.24) is 14.5 Å². The van der Waals surface area contributed by atoms with Gasteiger partial charge in [0.05, 0.1) is 0 Å². The van der Waals surface area contributed by atoms with Crippen LogP contribution in [0, 0.1) is 6.92 Å². The molecule has 1 aliphatic heterocycles. The van der Waals surface area contributed by atoms with E-state index in [2.05, 4.69) is 15.1 Å². The van der Waals surface area contributed by atoms with Gasteiger partial charge in [0.25, 0.3) is 15.9 Å². The van der Waals surface area contributed by atoms with Crippen molar-refractivity contribution in [3.8, 4) is 11.7 Å². The molecule has 0 aliphatic carbocycles. The number of hydrogen-bond donors (Lipinski definition) is 0. The lowest BCUT2D eigenvalue weighted by molar-refractivity contribution is 0.101. The Morgan fingerprint density at radius 1 is 0.966 bits per heavy atom. The van der Waals surface area contributed by atoms with Crippen LogP contribution in [0.15, 0.2) is 50.3 Å². The number of piperazine rings is 1. The van der Waals surface area contributed by atoms with Crippen molar-refractivity contribution >= 4 is 21.5 Å². The van der Waals surface area contributed by atoms with Crippen LogP contribution in [-0.2, 0) is 10.0 Å². The van der Waals surface area contributed by atoms with Crippen LogP contribution >= 0.6 is 0 Å². The molecule has 4 rings (SSSR count). The maximum absolute atomic E-state index is 12.9. The van der Waals surface area contributed by atoms with Crippen LogP contribution in [0.1, 0.15) is 23.2 Å². The number of anilines is 1. The van der Waals surface area contributed by atoms with Gasteiger partial charge in [0.15, 0.2) is 11.5 Å². The third kappa shape index (κ3) is 3.81. The van der Waals surface area contributed by atoms with Crippen LogP contribution in [-0.4, -0.2) is 54.9 Å². The molecule has 1 saturated heterocycles. The quantitative estimate of drug-likeness (QED) is 0.583. The molecule has 0 N–H and O–H groups in total. The van der Waals surface area contributed by atoms with Crippen molar-refractivity contribution in [3.05, 3.63) is 47.9 Å². The fraction of sp³-hybridized carbons (Fsp3) is 0.316. The van der Waals surface area contributed by atoms with E-state index in [1.807, 2.05) is 12.1 Å². The fourth-order valence-corrected chi connectivity index (χ4v) is 4.52. The number of furan rings is 1. The Kier molecular flexibility index (Phi) is 4.97. The van der Waals surface area contributed by atoms with E-state index in [0.29, 0.717) is 37.6 Å². The minimum atomic E-state index is -3.76. The SMILES string of the molecule is CC(=O)c1ccc(N2CCN(S(=O)(=O)c3ccc(-c4nnc(C)o4)o3)CC2)cc1. The standard InChI is InChI=1S/C19H20N4O5S/c1-13(24)15-3-5-16(6-4-15)22-9-11-23(12-10-22)29(25,26)18-8-7-17(28-18)19-21-20-14(2)27-19/h3-8H,9-12H2,1-2H3. The van der Waals surface area contributed by atoms with Gasteiger partial charge in [-0.3, -0.25) is 4.79 Å². The summed E-state index contributed by atoms with van der Waals surface area (Å²) in [4.78, 5) is 13.5. The van der Waals surface area contributed by atoms with Gasteiger partial charge in [-0.2, -0.15) is 4.31 Å². The van der Waals surface area contributed by atoms with E-state index in [0.717, 1.165) is 5.69 Å². The molecule has 1 aliphatic rings. The third-order valence-corrected chi connectivity index (χ3v) is 6.56. The summed E-state index contributed by atoms with van der Waals surface area (Å²) in [5, 5.41) is 7.40. The second-order valence-corrected chi connectivity index (χ2v) is 8.61. The van der Waals surface area contributed by atoms with Crippen LogP contribution in [0.2, 0.25) is 0 Å². The molecule has 0 bridgehead atoms. The van der Waals surface area contributed by atoms with Gasteiger partial charge in [-0.05, 0) is 43.3 Å². The number of Topliss-reactive ketones (excluding diaryl/α,β-unsaturated/α-hetero) is 1. The average Bonchev–Trinajstić information content (AvgIpc) is 3.37. The first kappa shape index (κ1) is 19.3.